The Morgan fingerprint density at radius 1 is 1.75 bits per heavy atom. The van der Waals surface area contributed by atoms with Crippen LogP contribution in [0.2, 0.25) is 0 Å². The highest BCUT2D eigenvalue weighted by Gasteiger charge is 2.25. The molecule has 0 radical (unpaired) electrons. The van der Waals surface area contributed by atoms with Crippen LogP contribution in [0.15, 0.2) is 36.6 Å². The number of aliphatic hydroxyl groups is 1. The number of allylic oxidation sites excluding steroid dienone is 4. The van der Waals surface area contributed by atoms with E-state index >= 15 is 0 Å². The smallest absolute Gasteiger partial charge is 0.184 e. The van der Waals surface area contributed by atoms with Gasteiger partial charge in [0.2, 0.25) is 0 Å². The van der Waals surface area contributed by atoms with Crippen molar-refractivity contribution >= 4 is 5.78 Å². The molecule has 12 heavy (non-hydrogen) atoms. The predicted molar refractivity (Wildman–Crippen MR) is 47.8 cm³/mol. The molecule has 0 aromatic rings. The molecule has 0 amide bonds. The first kappa shape index (κ1) is 8.78. The van der Waals surface area contributed by atoms with Crippen LogP contribution in [0.25, 0.3) is 0 Å². The van der Waals surface area contributed by atoms with Crippen LogP contribution >= 0.6 is 0 Å². The SMILES string of the molecule is C=CC1(C)C=CC(=O)/C(=C\O)C1. The summed E-state index contributed by atoms with van der Waals surface area (Å²) in [5, 5.41) is 8.74. The average molecular weight is 164 g/mol. The maximum Gasteiger partial charge on any atom is 0.184 e. The Kier molecular flexibility index (Phi) is 2.18. The molecule has 0 aliphatic heterocycles. The largest absolute Gasteiger partial charge is 0.515 e. The minimum absolute atomic E-state index is 0.114. The summed E-state index contributed by atoms with van der Waals surface area (Å²) >= 11 is 0. The van der Waals surface area contributed by atoms with Gasteiger partial charge in [0, 0.05) is 11.0 Å². The highest BCUT2D eigenvalue weighted by atomic mass is 16.2. The van der Waals surface area contributed by atoms with Gasteiger partial charge in [-0.3, -0.25) is 4.79 Å². The van der Waals surface area contributed by atoms with Gasteiger partial charge in [0.1, 0.15) is 0 Å². The summed E-state index contributed by atoms with van der Waals surface area (Å²) in [5.74, 6) is -0.114. The molecule has 0 heterocycles. The average Bonchev–Trinajstić information content (AvgIpc) is 2.10. The molecular formula is C10H12O2. The first-order valence-corrected chi connectivity index (χ1v) is 3.82. The molecule has 1 atom stereocenters. The van der Waals surface area contributed by atoms with E-state index in [1.807, 2.05) is 13.0 Å². The quantitative estimate of drug-likeness (QED) is 0.366. The van der Waals surface area contributed by atoms with Crippen molar-refractivity contribution in [1.29, 1.82) is 0 Å². The van der Waals surface area contributed by atoms with E-state index in [-0.39, 0.29) is 11.2 Å². The van der Waals surface area contributed by atoms with E-state index in [9.17, 15) is 4.79 Å². The van der Waals surface area contributed by atoms with E-state index in [4.69, 9.17) is 5.11 Å². The Hall–Kier alpha value is -1.31. The Bertz CT molecular complexity index is 274. The number of rotatable bonds is 1. The molecule has 1 unspecified atom stereocenters. The molecule has 0 fully saturated rings. The molecule has 1 aliphatic rings. The van der Waals surface area contributed by atoms with Crippen molar-refractivity contribution in [1.82, 2.24) is 0 Å². The number of ketones is 1. The maximum absolute atomic E-state index is 11.1. The molecular weight excluding hydrogens is 152 g/mol. The van der Waals surface area contributed by atoms with Gasteiger partial charge in [0.05, 0.1) is 6.26 Å². The van der Waals surface area contributed by atoms with Crippen molar-refractivity contribution in [3.63, 3.8) is 0 Å². The van der Waals surface area contributed by atoms with Gasteiger partial charge in [-0.25, -0.2) is 0 Å². The summed E-state index contributed by atoms with van der Waals surface area (Å²) in [4.78, 5) is 11.1. The second kappa shape index (κ2) is 2.97. The lowest BCUT2D eigenvalue weighted by Crippen LogP contribution is -2.19. The lowest BCUT2D eigenvalue weighted by Gasteiger charge is -2.25. The van der Waals surface area contributed by atoms with Crippen molar-refractivity contribution in [2.75, 3.05) is 0 Å². The van der Waals surface area contributed by atoms with Crippen LogP contribution in [-0.2, 0) is 4.79 Å². The van der Waals surface area contributed by atoms with Gasteiger partial charge in [-0.2, -0.15) is 0 Å². The third kappa shape index (κ3) is 1.47. The molecule has 1 N–H and O–H groups in total. The third-order valence-corrected chi connectivity index (χ3v) is 2.13. The zero-order chi connectivity index (χ0) is 9.19. The topological polar surface area (TPSA) is 37.3 Å². The molecule has 2 nitrogen and oxygen atoms in total. The third-order valence-electron chi connectivity index (χ3n) is 2.13. The standard InChI is InChI=1S/C10H12O2/c1-3-10(2)5-4-9(12)8(6-10)7-11/h3-5,7,11H,1,6H2,2H3/b8-7-. The van der Waals surface area contributed by atoms with Gasteiger partial charge in [0.15, 0.2) is 5.78 Å². The van der Waals surface area contributed by atoms with Crippen molar-refractivity contribution in [3.05, 3.63) is 36.6 Å². The molecule has 64 valence electrons. The second-order valence-corrected chi connectivity index (χ2v) is 3.24. The number of hydrogen-bond donors (Lipinski definition) is 1. The molecule has 0 spiro atoms. The monoisotopic (exact) mass is 164 g/mol. The van der Waals surface area contributed by atoms with Gasteiger partial charge in [-0.15, -0.1) is 6.58 Å². The summed E-state index contributed by atoms with van der Waals surface area (Å²) < 4.78 is 0. The summed E-state index contributed by atoms with van der Waals surface area (Å²) in [5.41, 5.74) is 0.252. The minimum Gasteiger partial charge on any atom is -0.515 e. The minimum atomic E-state index is -0.192. The van der Waals surface area contributed by atoms with E-state index in [2.05, 4.69) is 6.58 Å². The predicted octanol–water partition coefficient (Wildman–Crippen LogP) is 2.15. The Labute approximate surface area is 71.9 Å². The van der Waals surface area contributed by atoms with E-state index in [0.29, 0.717) is 12.0 Å². The van der Waals surface area contributed by atoms with Crippen LogP contribution in [0.5, 0.6) is 0 Å². The van der Waals surface area contributed by atoms with Crippen molar-refractivity contribution < 1.29 is 9.90 Å². The van der Waals surface area contributed by atoms with Crippen LogP contribution < -0.4 is 0 Å². The Balaban J connectivity index is 3.00. The number of aliphatic hydroxyl groups excluding tert-OH is 1. The van der Waals surface area contributed by atoms with Gasteiger partial charge in [-0.1, -0.05) is 19.1 Å². The van der Waals surface area contributed by atoms with Crippen LogP contribution in [-0.4, -0.2) is 10.9 Å². The fourth-order valence-electron chi connectivity index (χ4n) is 1.18. The van der Waals surface area contributed by atoms with Crippen LogP contribution in [0.1, 0.15) is 13.3 Å². The van der Waals surface area contributed by atoms with Gasteiger partial charge in [-0.05, 0) is 12.5 Å². The number of carbonyl (C=O) groups is 1. The summed E-state index contributed by atoms with van der Waals surface area (Å²) in [6.45, 7) is 5.64. The molecule has 0 aromatic heterocycles. The van der Waals surface area contributed by atoms with Crippen LogP contribution in [0, 0.1) is 5.41 Å². The molecule has 1 rings (SSSR count). The van der Waals surface area contributed by atoms with Crippen molar-refractivity contribution in [2.24, 2.45) is 5.41 Å². The number of hydrogen-bond acceptors (Lipinski definition) is 2. The molecule has 0 saturated heterocycles. The maximum atomic E-state index is 11.1. The summed E-state index contributed by atoms with van der Waals surface area (Å²) in [6.07, 6.45) is 6.48. The van der Waals surface area contributed by atoms with Crippen molar-refractivity contribution in [2.45, 2.75) is 13.3 Å². The molecule has 0 saturated carbocycles. The molecule has 2 heteroatoms. The number of carbonyl (C=O) groups excluding carboxylic acids is 1. The highest BCUT2D eigenvalue weighted by molar-refractivity contribution is 6.04. The van der Waals surface area contributed by atoms with E-state index in [0.717, 1.165) is 6.26 Å². The summed E-state index contributed by atoms with van der Waals surface area (Å²) in [6, 6.07) is 0. The molecule has 0 aromatic carbocycles. The first-order valence-electron chi connectivity index (χ1n) is 3.82. The van der Waals surface area contributed by atoms with E-state index in [1.165, 1.54) is 6.08 Å². The fraction of sp³-hybridized carbons (Fsp3) is 0.300. The molecule has 0 bridgehead atoms. The Morgan fingerprint density at radius 2 is 2.42 bits per heavy atom. The van der Waals surface area contributed by atoms with Gasteiger partial charge < -0.3 is 5.11 Å². The van der Waals surface area contributed by atoms with E-state index in [1.54, 1.807) is 6.08 Å². The van der Waals surface area contributed by atoms with Gasteiger partial charge in [0.25, 0.3) is 0 Å². The lowest BCUT2D eigenvalue weighted by molar-refractivity contribution is -0.112. The zero-order valence-electron chi connectivity index (χ0n) is 7.08. The lowest BCUT2D eigenvalue weighted by atomic mass is 9.78. The van der Waals surface area contributed by atoms with Crippen molar-refractivity contribution in [3.8, 4) is 0 Å². The Morgan fingerprint density at radius 3 is 2.92 bits per heavy atom. The normalized spacial score (nSPS) is 32.4. The van der Waals surface area contributed by atoms with Crippen LogP contribution in [0.4, 0.5) is 0 Å². The second-order valence-electron chi connectivity index (χ2n) is 3.24. The van der Waals surface area contributed by atoms with E-state index < -0.39 is 0 Å². The highest BCUT2D eigenvalue weighted by Crippen LogP contribution is 2.32. The fourth-order valence-corrected chi connectivity index (χ4v) is 1.18. The first-order chi connectivity index (χ1) is 5.61. The van der Waals surface area contributed by atoms with Crippen LogP contribution in [0.3, 0.4) is 0 Å². The molecule has 1 aliphatic carbocycles. The van der Waals surface area contributed by atoms with Gasteiger partial charge >= 0.3 is 0 Å². The summed E-state index contributed by atoms with van der Waals surface area (Å²) in [7, 11) is 0. The zero-order valence-corrected chi connectivity index (χ0v) is 7.08.